The number of nitrogens with zero attached hydrogens (tertiary/aromatic N) is 2. The minimum atomic E-state index is -1.09. The normalized spacial score (nSPS) is 16.1. The Kier molecular flexibility index (Phi) is 5.29. The van der Waals surface area contributed by atoms with Gasteiger partial charge < -0.3 is 9.67 Å². The first-order valence-corrected chi connectivity index (χ1v) is 9.34. The second-order valence-electron chi connectivity index (χ2n) is 6.21. The highest BCUT2D eigenvalue weighted by Crippen LogP contribution is 2.32. The number of thioether (sulfide) groups is 1. The lowest BCUT2D eigenvalue weighted by Gasteiger charge is -2.11. The van der Waals surface area contributed by atoms with Crippen molar-refractivity contribution in [2.24, 2.45) is 0 Å². The summed E-state index contributed by atoms with van der Waals surface area (Å²) in [5.41, 5.74) is 3.08. The Balaban J connectivity index is 1.89. The van der Waals surface area contributed by atoms with Crippen molar-refractivity contribution < 1.29 is 14.7 Å². The Morgan fingerprint density at radius 3 is 2.58 bits per heavy atom. The summed E-state index contributed by atoms with van der Waals surface area (Å²) in [6, 6.07) is 12.1. The molecular weight excluding hydrogens is 368 g/mol. The van der Waals surface area contributed by atoms with E-state index in [0.717, 1.165) is 28.0 Å². The van der Waals surface area contributed by atoms with Gasteiger partial charge in [0.25, 0.3) is 5.91 Å². The van der Waals surface area contributed by atoms with Crippen LogP contribution in [0.25, 0.3) is 11.8 Å². The molecule has 0 atom stereocenters. The molecule has 1 aromatic heterocycles. The van der Waals surface area contributed by atoms with Crippen molar-refractivity contribution in [2.45, 2.75) is 19.8 Å². The van der Waals surface area contributed by atoms with Crippen LogP contribution in [0.3, 0.4) is 0 Å². The van der Waals surface area contributed by atoms with E-state index < -0.39 is 12.5 Å². The third kappa shape index (κ3) is 3.73. The SMILES string of the molecule is CC(C)c1ccc(-n2cccc2/C=C2\SC(=S)N(CC(=O)O)C2=O)cc1. The van der Waals surface area contributed by atoms with Crippen LogP contribution >= 0.6 is 24.0 Å². The van der Waals surface area contributed by atoms with Gasteiger partial charge >= 0.3 is 5.97 Å². The van der Waals surface area contributed by atoms with Gasteiger partial charge in [-0.15, -0.1) is 0 Å². The van der Waals surface area contributed by atoms with E-state index in [1.54, 1.807) is 6.08 Å². The van der Waals surface area contributed by atoms with Crippen LogP contribution in [0, 0.1) is 0 Å². The van der Waals surface area contributed by atoms with Crippen molar-refractivity contribution in [3.8, 4) is 5.69 Å². The molecule has 1 aliphatic rings. The molecule has 7 heteroatoms. The maximum absolute atomic E-state index is 12.4. The van der Waals surface area contributed by atoms with Gasteiger partial charge in [-0.1, -0.05) is 50.0 Å². The predicted octanol–water partition coefficient (Wildman–Crippen LogP) is 3.89. The number of amides is 1. The Morgan fingerprint density at radius 2 is 1.96 bits per heavy atom. The molecule has 0 aliphatic carbocycles. The Hall–Kier alpha value is -2.38. The second kappa shape index (κ2) is 7.47. The highest BCUT2D eigenvalue weighted by molar-refractivity contribution is 8.26. The number of carbonyl (C=O) groups excluding carboxylic acids is 1. The standard InChI is InChI=1S/C19H18N2O3S2/c1-12(2)13-5-7-14(8-6-13)20-9-3-4-15(20)10-16-18(24)21(11-17(22)23)19(25)26-16/h3-10,12H,11H2,1-2H3,(H,22,23)/b16-10-. The van der Waals surface area contributed by atoms with Gasteiger partial charge in [0.2, 0.25) is 0 Å². The van der Waals surface area contributed by atoms with Crippen LogP contribution in [0.4, 0.5) is 0 Å². The van der Waals surface area contributed by atoms with Crippen molar-refractivity contribution in [3.63, 3.8) is 0 Å². The van der Waals surface area contributed by atoms with Crippen LogP contribution in [0.5, 0.6) is 0 Å². The van der Waals surface area contributed by atoms with E-state index in [4.69, 9.17) is 17.3 Å². The number of benzene rings is 1. The summed E-state index contributed by atoms with van der Waals surface area (Å²) >= 11 is 6.26. The van der Waals surface area contributed by atoms with Gasteiger partial charge in [0.05, 0.1) is 4.91 Å². The molecule has 0 radical (unpaired) electrons. The van der Waals surface area contributed by atoms with Gasteiger partial charge in [0.1, 0.15) is 10.9 Å². The Labute approximate surface area is 161 Å². The quantitative estimate of drug-likeness (QED) is 0.624. The Morgan fingerprint density at radius 1 is 1.27 bits per heavy atom. The van der Waals surface area contributed by atoms with Crippen molar-refractivity contribution >= 4 is 46.3 Å². The van der Waals surface area contributed by atoms with Gasteiger partial charge in [0.15, 0.2) is 0 Å². The molecule has 1 N–H and O–H groups in total. The first-order valence-electron chi connectivity index (χ1n) is 8.11. The average molecular weight is 386 g/mol. The van der Waals surface area contributed by atoms with Crippen LogP contribution in [0.2, 0.25) is 0 Å². The molecular formula is C19H18N2O3S2. The smallest absolute Gasteiger partial charge is 0.323 e. The van der Waals surface area contributed by atoms with Gasteiger partial charge in [-0.3, -0.25) is 14.5 Å². The van der Waals surface area contributed by atoms with Gasteiger partial charge in [-0.05, 0) is 41.8 Å². The largest absolute Gasteiger partial charge is 0.480 e. The minimum absolute atomic E-state index is 0.267. The molecule has 0 bridgehead atoms. The van der Waals surface area contributed by atoms with Crippen LogP contribution in [-0.4, -0.2) is 37.3 Å². The molecule has 1 saturated heterocycles. The summed E-state index contributed by atoms with van der Waals surface area (Å²) < 4.78 is 2.25. The topological polar surface area (TPSA) is 62.5 Å². The minimum Gasteiger partial charge on any atom is -0.480 e. The summed E-state index contributed by atoms with van der Waals surface area (Å²) in [5.74, 6) is -0.995. The number of rotatable bonds is 5. The van der Waals surface area contributed by atoms with Gasteiger partial charge in [-0.2, -0.15) is 0 Å². The van der Waals surface area contributed by atoms with E-state index in [-0.39, 0.29) is 10.2 Å². The monoisotopic (exact) mass is 386 g/mol. The number of thiocarbonyl (C=S) groups is 1. The molecule has 134 valence electrons. The van der Waals surface area contributed by atoms with Crippen LogP contribution in [0.15, 0.2) is 47.5 Å². The first kappa shape index (κ1) is 18.4. The lowest BCUT2D eigenvalue weighted by Crippen LogP contribution is -2.33. The number of carboxylic acid groups (broad SMARTS) is 1. The van der Waals surface area contributed by atoms with E-state index in [1.165, 1.54) is 5.56 Å². The molecule has 5 nitrogen and oxygen atoms in total. The molecule has 1 fully saturated rings. The number of aromatic nitrogens is 1. The zero-order valence-corrected chi connectivity index (χ0v) is 16.0. The fraction of sp³-hybridized carbons (Fsp3) is 0.211. The Bertz CT molecular complexity index is 898. The molecule has 1 aliphatic heterocycles. The molecule has 0 unspecified atom stereocenters. The maximum atomic E-state index is 12.4. The lowest BCUT2D eigenvalue weighted by molar-refractivity contribution is -0.140. The van der Waals surface area contributed by atoms with Crippen molar-refractivity contribution in [2.75, 3.05) is 6.54 Å². The molecule has 0 spiro atoms. The molecule has 2 heterocycles. The number of hydrogen-bond donors (Lipinski definition) is 1. The van der Waals surface area contributed by atoms with E-state index in [9.17, 15) is 9.59 Å². The maximum Gasteiger partial charge on any atom is 0.323 e. The zero-order valence-electron chi connectivity index (χ0n) is 14.4. The average Bonchev–Trinajstić information content (AvgIpc) is 3.15. The lowest BCUT2D eigenvalue weighted by atomic mass is 10.0. The van der Waals surface area contributed by atoms with Gasteiger partial charge in [0, 0.05) is 17.6 Å². The van der Waals surface area contributed by atoms with Crippen molar-refractivity contribution in [1.29, 1.82) is 0 Å². The summed E-state index contributed by atoms with van der Waals surface area (Å²) in [6.45, 7) is 3.88. The molecule has 1 aromatic carbocycles. The molecule has 26 heavy (non-hydrogen) atoms. The number of hydrogen-bond acceptors (Lipinski definition) is 4. The van der Waals surface area contributed by atoms with E-state index in [0.29, 0.717) is 10.8 Å². The second-order valence-corrected chi connectivity index (χ2v) is 7.89. The third-order valence-corrected chi connectivity index (χ3v) is 5.44. The van der Waals surface area contributed by atoms with Crippen molar-refractivity contribution in [1.82, 2.24) is 9.47 Å². The van der Waals surface area contributed by atoms with Gasteiger partial charge in [-0.25, -0.2) is 0 Å². The zero-order chi connectivity index (χ0) is 18.8. The number of aliphatic carboxylic acids is 1. The summed E-state index contributed by atoms with van der Waals surface area (Å²) in [7, 11) is 0. The molecule has 2 aromatic rings. The van der Waals surface area contributed by atoms with E-state index >= 15 is 0 Å². The van der Waals surface area contributed by atoms with E-state index in [2.05, 4.69) is 26.0 Å². The van der Waals surface area contributed by atoms with Crippen LogP contribution < -0.4 is 0 Å². The van der Waals surface area contributed by atoms with Crippen LogP contribution in [-0.2, 0) is 9.59 Å². The molecule has 0 saturated carbocycles. The molecule has 1 amide bonds. The summed E-state index contributed by atoms with van der Waals surface area (Å²) in [5, 5.41) is 8.92. The highest BCUT2D eigenvalue weighted by Gasteiger charge is 2.33. The fourth-order valence-corrected chi connectivity index (χ4v) is 3.91. The summed E-state index contributed by atoms with van der Waals surface area (Å²) in [4.78, 5) is 24.9. The first-order chi connectivity index (χ1) is 12.4. The highest BCUT2D eigenvalue weighted by atomic mass is 32.2. The van der Waals surface area contributed by atoms with E-state index in [1.807, 2.05) is 35.0 Å². The third-order valence-electron chi connectivity index (χ3n) is 4.06. The van der Waals surface area contributed by atoms with Crippen molar-refractivity contribution in [3.05, 3.63) is 58.8 Å². The van der Waals surface area contributed by atoms with Crippen LogP contribution in [0.1, 0.15) is 31.0 Å². The number of carbonyl (C=O) groups is 2. The molecule has 3 rings (SSSR count). The summed E-state index contributed by atoms with van der Waals surface area (Å²) in [6.07, 6.45) is 3.67. The fourth-order valence-electron chi connectivity index (χ4n) is 2.67. The predicted molar refractivity (Wildman–Crippen MR) is 107 cm³/mol. The number of carboxylic acids is 1.